The second-order valence-electron chi connectivity index (χ2n) is 9.80. The second-order valence-corrected chi connectivity index (χ2v) is 12.4. The Hall–Kier alpha value is -3.82. The number of aromatic nitrogens is 1. The monoisotopic (exact) mass is 566 g/mol. The number of amides is 1. The average Bonchev–Trinajstić information content (AvgIpc) is 3.24. The van der Waals surface area contributed by atoms with E-state index in [9.17, 15) is 23.1 Å². The maximum atomic E-state index is 13.9. The summed E-state index contributed by atoms with van der Waals surface area (Å²) in [6.07, 6.45) is 1.63. The summed E-state index contributed by atoms with van der Waals surface area (Å²) in [6, 6.07) is 20.8. The zero-order chi connectivity index (χ0) is 27.7. The number of nitrogens with zero attached hydrogens (tertiary/aromatic N) is 1. The molecular weight excluding hydrogens is 540 g/mol. The highest BCUT2D eigenvalue weighted by atomic mass is 35.5. The van der Waals surface area contributed by atoms with Crippen molar-refractivity contribution in [2.24, 2.45) is 5.92 Å². The number of carbonyl (C=O) groups is 1. The Labute approximate surface area is 230 Å². The number of anilines is 1. The Bertz CT molecular complexity index is 1680. The first kappa shape index (κ1) is 26.8. The largest absolute Gasteiger partial charge is 0.492 e. The highest BCUT2D eigenvalue weighted by molar-refractivity contribution is 7.91. The molecule has 3 aromatic carbocycles. The van der Waals surface area contributed by atoms with Gasteiger partial charge in [-0.05, 0) is 72.7 Å². The van der Waals surface area contributed by atoms with Gasteiger partial charge in [-0.3, -0.25) is 4.79 Å². The quantitative estimate of drug-likeness (QED) is 0.312. The van der Waals surface area contributed by atoms with Crippen molar-refractivity contribution in [1.29, 1.82) is 0 Å². The number of benzene rings is 3. The van der Waals surface area contributed by atoms with E-state index in [1.807, 2.05) is 43.3 Å². The maximum absolute atomic E-state index is 13.9. The SMILES string of the molecule is CC(C(=O)Nc1ccc2c(c1)C(S(=O)(=O)c1cccc(Cl)c1)CC(Cn1c(O)coc1=O)C2)c1ccccc1. The van der Waals surface area contributed by atoms with Crippen molar-refractivity contribution >= 4 is 33.0 Å². The molecule has 2 N–H and O–H groups in total. The first-order chi connectivity index (χ1) is 18.6. The van der Waals surface area contributed by atoms with Crippen LogP contribution in [0.3, 0.4) is 0 Å². The fourth-order valence-corrected chi connectivity index (χ4v) is 7.34. The van der Waals surface area contributed by atoms with Crippen LogP contribution in [0.1, 0.15) is 41.2 Å². The number of rotatable bonds is 7. The van der Waals surface area contributed by atoms with Gasteiger partial charge in [-0.1, -0.05) is 54.1 Å². The van der Waals surface area contributed by atoms with E-state index < -0.39 is 26.8 Å². The molecule has 1 aromatic heterocycles. The van der Waals surface area contributed by atoms with Crippen molar-refractivity contribution in [2.75, 3.05) is 5.32 Å². The van der Waals surface area contributed by atoms with Crippen LogP contribution in [0, 0.1) is 5.92 Å². The molecule has 0 saturated carbocycles. The number of hydrogen-bond donors (Lipinski definition) is 2. The highest BCUT2D eigenvalue weighted by Crippen LogP contribution is 2.43. The molecule has 1 aliphatic rings. The van der Waals surface area contributed by atoms with Crippen LogP contribution in [0.25, 0.3) is 0 Å². The molecule has 0 fully saturated rings. The Morgan fingerprint density at radius 1 is 1.13 bits per heavy atom. The minimum atomic E-state index is -3.91. The summed E-state index contributed by atoms with van der Waals surface area (Å²) in [4.78, 5) is 25.2. The molecule has 1 heterocycles. The molecule has 5 rings (SSSR count). The van der Waals surface area contributed by atoms with Crippen molar-refractivity contribution in [3.8, 4) is 5.88 Å². The molecule has 1 aliphatic carbocycles. The lowest BCUT2D eigenvalue weighted by Gasteiger charge is -2.32. The normalized spacial score (nSPS) is 17.8. The van der Waals surface area contributed by atoms with Gasteiger partial charge in [0.1, 0.15) is 0 Å². The molecule has 8 nitrogen and oxygen atoms in total. The van der Waals surface area contributed by atoms with Gasteiger partial charge >= 0.3 is 5.76 Å². The zero-order valence-electron chi connectivity index (χ0n) is 21.1. The molecule has 0 saturated heterocycles. The number of carbonyl (C=O) groups excluding carboxylic acids is 1. The molecule has 3 atom stereocenters. The minimum absolute atomic E-state index is 0.0852. The van der Waals surface area contributed by atoms with E-state index >= 15 is 0 Å². The van der Waals surface area contributed by atoms with Crippen LogP contribution < -0.4 is 11.1 Å². The van der Waals surface area contributed by atoms with Gasteiger partial charge < -0.3 is 14.8 Å². The second kappa shape index (κ2) is 10.7. The zero-order valence-corrected chi connectivity index (χ0v) is 22.7. The number of oxazole rings is 1. The third-order valence-electron chi connectivity index (χ3n) is 7.21. The van der Waals surface area contributed by atoms with E-state index in [-0.39, 0.29) is 35.6 Å². The summed E-state index contributed by atoms with van der Waals surface area (Å²) in [5.74, 6) is -1.92. The molecule has 0 spiro atoms. The number of hydrogen-bond acceptors (Lipinski definition) is 6. The molecule has 0 radical (unpaired) electrons. The van der Waals surface area contributed by atoms with Crippen LogP contribution in [0.2, 0.25) is 5.02 Å². The standard InChI is InChI=1S/C29H27ClN2O6S/c1-18(20-6-3-2-4-7-20)28(34)31-23-11-10-21-12-19(16-32-27(33)17-38-29(32)35)13-26(25(21)15-23)39(36,37)24-9-5-8-22(30)14-24/h2-11,14-15,17-19,26,33H,12-13,16H2,1H3,(H,31,34). The Morgan fingerprint density at radius 3 is 2.59 bits per heavy atom. The summed E-state index contributed by atoms with van der Waals surface area (Å²) in [5.41, 5.74) is 2.73. The van der Waals surface area contributed by atoms with Crippen molar-refractivity contribution in [3.63, 3.8) is 0 Å². The topological polar surface area (TPSA) is 119 Å². The van der Waals surface area contributed by atoms with E-state index in [2.05, 4.69) is 5.32 Å². The molecule has 202 valence electrons. The van der Waals surface area contributed by atoms with Gasteiger partial charge in [0.2, 0.25) is 11.8 Å². The Morgan fingerprint density at radius 2 is 1.90 bits per heavy atom. The van der Waals surface area contributed by atoms with Crippen molar-refractivity contribution < 1.29 is 22.7 Å². The maximum Gasteiger partial charge on any atom is 0.421 e. The van der Waals surface area contributed by atoms with Crippen molar-refractivity contribution in [3.05, 3.63) is 111 Å². The molecule has 39 heavy (non-hydrogen) atoms. The van der Waals surface area contributed by atoms with E-state index in [1.54, 1.807) is 24.3 Å². The lowest BCUT2D eigenvalue weighted by molar-refractivity contribution is -0.117. The summed E-state index contributed by atoms with van der Waals surface area (Å²) >= 11 is 6.12. The molecule has 1 amide bonds. The van der Waals surface area contributed by atoms with Crippen molar-refractivity contribution in [1.82, 2.24) is 4.57 Å². The lowest BCUT2D eigenvalue weighted by Crippen LogP contribution is -2.29. The van der Waals surface area contributed by atoms with Gasteiger partial charge in [-0.25, -0.2) is 17.8 Å². The summed E-state index contributed by atoms with van der Waals surface area (Å²) < 4.78 is 33.7. The average molecular weight is 567 g/mol. The first-order valence-corrected chi connectivity index (χ1v) is 14.4. The van der Waals surface area contributed by atoms with Crippen LogP contribution in [-0.2, 0) is 27.6 Å². The van der Waals surface area contributed by atoms with Gasteiger partial charge in [0.25, 0.3) is 0 Å². The molecule has 10 heteroatoms. The Kier molecular flexibility index (Phi) is 7.38. The first-order valence-electron chi connectivity index (χ1n) is 12.5. The predicted octanol–water partition coefficient (Wildman–Crippen LogP) is 5.32. The predicted molar refractivity (Wildman–Crippen MR) is 148 cm³/mol. The van der Waals surface area contributed by atoms with Crippen LogP contribution in [0.4, 0.5) is 5.69 Å². The van der Waals surface area contributed by atoms with Gasteiger partial charge in [0.05, 0.1) is 16.1 Å². The third-order valence-corrected chi connectivity index (χ3v) is 9.55. The van der Waals surface area contributed by atoms with E-state index in [0.29, 0.717) is 22.7 Å². The molecule has 0 aliphatic heterocycles. The number of fused-ring (bicyclic) bond motifs is 1. The van der Waals surface area contributed by atoms with Crippen LogP contribution in [-0.4, -0.2) is 24.0 Å². The van der Waals surface area contributed by atoms with E-state index in [4.69, 9.17) is 16.0 Å². The lowest BCUT2D eigenvalue weighted by atomic mass is 9.83. The van der Waals surface area contributed by atoms with Crippen LogP contribution in [0.5, 0.6) is 5.88 Å². The highest BCUT2D eigenvalue weighted by Gasteiger charge is 2.37. The minimum Gasteiger partial charge on any atom is -0.492 e. The summed E-state index contributed by atoms with van der Waals surface area (Å²) in [7, 11) is -3.91. The smallest absolute Gasteiger partial charge is 0.421 e. The van der Waals surface area contributed by atoms with Gasteiger partial charge in [0, 0.05) is 17.3 Å². The van der Waals surface area contributed by atoms with Crippen molar-refractivity contribution in [2.45, 2.75) is 42.4 Å². The molecule has 4 aromatic rings. The van der Waals surface area contributed by atoms with E-state index in [1.165, 1.54) is 12.1 Å². The Balaban J connectivity index is 1.50. The van der Waals surface area contributed by atoms with Gasteiger partial charge in [-0.15, -0.1) is 0 Å². The van der Waals surface area contributed by atoms with Gasteiger partial charge in [-0.2, -0.15) is 0 Å². The number of aromatic hydroxyl groups is 1. The summed E-state index contributed by atoms with van der Waals surface area (Å²) in [6.45, 7) is 1.91. The van der Waals surface area contributed by atoms with Gasteiger partial charge in [0.15, 0.2) is 16.1 Å². The molecular formula is C29H27ClN2O6S. The number of halogens is 1. The third kappa shape index (κ3) is 5.51. The number of nitrogens with one attached hydrogen (secondary N) is 1. The molecule has 0 bridgehead atoms. The summed E-state index contributed by atoms with van der Waals surface area (Å²) in [5, 5.41) is 12.3. The van der Waals surface area contributed by atoms with E-state index in [0.717, 1.165) is 22.0 Å². The molecule has 3 unspecified atom stereocenters. The fourth-order valence-electron chi connectivity index (χ4n) is 5.12. The fraction of sp³-hybridized carbons (Fsp3) is 0.241. The van der Waals surface area contributed by atoms with Crippen LogP contribution >= 0.6 is 11.6 Å². The van der Waals surface area contributed by atoms with Crippen LogP contribution in [0.15, 0.2) is 93.2 Å². The number of sulfone groups is 1.